The number of benzene rings is 2. The lowest BCUT2D eigenvalue weighted by atomic mass is 9.98. The van der Waals surface area contributed by atoms with Crippen LogP contribution in [0.2, 0.25) is 0 Å². The third-order valence-electron chi connectivity index (χ3n) is 7.51. The first-order chi connectivity index (χ1) is 20.5. The number of hydrogen-bond donors (Lipinski definition) is 2. The second-order valence-corrected chi connectivity index (χ2v) is 12.4. The molecule has 0 saturated heterocycles. The first kappa shape index (κ1) is 31.8. The molecule has 2 N–H and O–H groups in total. The largest absolute Gasteiger partial charge is 0.389 e. The number of likely N-dealkylation sites (N-methyl/N-ethyl adjacent to an activating group) is 1. The van der Waals surface area contributed by atoms with E-state index in [9.17, 15) is 14.7 Å². The fourth-order valence-corrected chi connectivity index (χ4v) is 5.67. The van der Waals surface area contributed by atoms with Crippen LogP contribution in [0.1, 0.15) is 67.9 Å². The van der Waals surface area contributed by atoms with Crippen LogP contribution in [0.3, 0.4) is 0 Å². The predicted molar refractivity (Wildman–Crippen MR) is 173 cm³/mol. The fraction of sp³-hybridized carbons (Fsp3) is 0.353. The summed E-state index contributed by atoms with van der Waals surface area (Å²) in [6.07, 6.45) is 3.20. The number of carbonyl (C=O) groups excluding carboxylic acids is 2. The highest BCUT2D eigenvalue weighted by Crippen LogP contribution is 2.21. The van der Waals surface area contributed by atoms with Crippen LogP contribution in [-0.4, -0.2) is 64.6 Å². The minimum atomic E-state index is -0.880. The smallest absolute Gasteiger partial charge is 0.253 e. The molecule has 9 heteroatoms. The van der Waals surface area contributed by atoms with E-state index in [1.807, 2.05) is 67.7 Å². The molecular formula is C34H41N5O3S. The van der Waals surface area contributed by atoms with E-state index in [4.69, 9.17) is 0 Å². The molecule has 0 saturated carbocycles. The summed E-state index contributed by atoms with van der Waals surface area (Å²) in [6, 6.07) is 16.5. The van der Waals surface area contributed by atoms with Crippen molar-refractivity contribution in [2.75, 3.05) is 25.5 Å². The van der Waals surface area contributed by atoms with Crippen molar-refractivity contribution in [3.63, 3.8) is 0 Å². The van der Waals surface area contributed by atoms with Crippen molar-refractivity contribution in [3.8, 4) is 0 Å². The molecule has 0 fully saturated rings. The summed E-state index contributed by atoms with van der Waals surface area (Å²) < 4.78 is 0. The highest BCUT2D eigenvalue weighted by molar-refractivity contribution is 7.09. The molecule has 4 aromatic rings. The van der Waals surface area contributed by atoms with Gasteiger partial charge < -0.3 is 20.2 Å². The van der Waals surface area contributed by atoms with Crippen molar-refractivity contribution in [3.05, 3.63) is 111 Å². The summed E-state index contributed by atoms with van der Waals surface area (Å²) in [5.74, 6) is -0.198. The molecule has 0 aliphatic rings. The molecule has 0 unspecified atom stereocenters. The average molecular weight is 600 g/mol. The van der Waals surface area contributed by atoms with Crippen LogP contribution in [0.4, 0.5) is 5.69 Å². The number of aliphatic hydroxyl groups is 1. The van der Waals surface area contributed by atoms with E-state index in [2.05, 4.69) is 35.2 Å². The van der Waals surface area contributed by atoms with Crippen molar-refractivity contribution in [2.24, 2.45) is 0 Å². The Labute approximate surface area is 258 Å². The van der Waals surface area contributed by atoms with Gasteiger partial charge >= 0.3 is 0 Å². The number of pyridine rings is 1. The third-order valence-corrected chi connectivity index (χ3v) is 8.46. The van der Waals surface area contributed by atoms with E-state index >= 15 is 0 Å². The Morgan fingerprint density at radius 2 is 1.77 bits per heavy atom. The SMILES string of the molecule is Cc1csc(CN(C)C(=O)c2ccc(C)c(C(=O)N[C@@H](Cc3ccccc3)[C@H](O)CN(C)c3cncc(C(C)C)c3)c2)n1. The van der Waals surface area contributed by atoms with Crippen LogP contribution in [0, 0.1) is 13.8 Å². The van der Waals surface area contributed by atoms with E-state index in [0.717, 1.165) is 33.1 Å². The first-order valence-corrected chi connectivity index (χ1v) is 15.4. The first-order valence-electron chi connectivity index (χ1n) is 14.5. The van der Waals surface area contributed by atoms with Gasteiger partial charge in [-0.3, -0.25) is 14.6 Å². The summed E-state index contributed by atoms with van der Waals surface area (Å²) in [4.78, 5) is 39.3. The number of amides is 2. The maximum atomic E-state index is 13.7. The summed E-state index contributed by atoms with van der Waals surface area (Å²) in [6.45, 7) is 8.68. The Morgan fingerprint density at radius 1 is 1.02 bits per heavy atom. The number of aromatic nitrogens is 2. The van der Waals surface area contributed by atoms with E-state index in [1.165, 1.54) is 11.3 Å². The second-order valence-electron chi connectivity index (χ2n) is 11.4. The molecule has 2 atom stereocenters. The Bertz CT molecular complexity index is 1540. The average Bonchev–Trinajstić information content (AvgIpc) is 3.41. The van der Waals surface area contributed by atoms with Gasteiger partial charge in [-0.2, -0.15) is 0 Å². The zero-order valence-corrected chi connectivity index (χ0v) is 26.6. The molecule has 0 aliphatic carbocycles. The van der Waals surface area contributed by atoms with Crippen molar-refractivity contribution >= 4 is 28.8 Å². The quantitative estimate of drug-likeness (QED) is 0.227. The van der Waals surface area contributed by atoms with E-state index in [1.54, 1.807) is 36.3 Å². The Kier molecular flexibility index (Phi) is 10.7. The fourth-order valence-electron chi connectivity index (χ4n) is 4.85. The number of aryl methyl sites for hydroxylation is 2. The maximum Gasteiger partial charge on any atom is 0.253 e. The molecule has 226 valence electrons. The number of rotatable bonds is 12. The second kappa shape index (κ2) is 14.4. The molecule has 0 spiro atoms. The number of hydrogen-bond acceptors (Lipinski definition) is 7. The number of carbonyl (C=O) groups is 2. The molecule has 0 aliphatic heterocycles. The molecule has 2 heterocycles. The summed E-state index contributed by atoms with van der Waals surface area (Å²) >= 11 is 1.52. The standard InChI is InChI=1S/C34H41N5O3S/c1-22(2)27-15-28(18-35-17-27)38(5)19-31(40)30(14-25-10-8-7-9-11-25)37-33(41)29-16-26(13-12-23(29)3)34(42)39(6)20-32-36-24(4)21-43-32/h7-13,15-18,21-22,30-31,40H,14,19-20H2,1-6H3,(H,37,41)/t30-,31+/m0/s1. The van der Waals surface area contributed by atoms with Crippen LogP contribution in [0.5, 0.6) is 0 Å². The van der Waals surface area contributed by atoms with Gasteiger partial charge in [0.1, 0.15) is 5.01 Å². The van der Waals surface area contributed by atoms with E-state index < -0.39 is 12.1 Å². The lowest BCUT2D eigenvalue weighted by molar-refractivity contribution is 0.0784. The number of thiazole rings is 1. The van der Waals surface area contributed by atoms with Crippen LogP contribution >= 0.6 is 11.3 Å². The molecule has 43 heavy (non-hydrogen) atoms. The highest BCUT2D eigenvalue weighted by Gasteiger charge is 2.26. The minimum Gasteiger partial charge on any atom is -0.389 e. The molecule has 2 aromatic carbocycles. The van der Waals surface area contributed by atoms with Gasteiger partial charge in [0, 0.05) is 49.0 Å². The minimum absolute atomic E-state index is 0.193. The highest BCUT2D eigenvalue weighted by atomic mass is 32.1. The molecular weight excluding hydrogens is 558 g/mol. The molecule has 2 amide bonds. The normalized spacial score (nSPS) is 12.6. The number of nitrogens with zero attached hydrogens (tertiary/aromatic N) is 4. The third kappa shape index (κ3) is 8.49. The molecule has 0 bridgehead atoms. The topological polar surface area (TPSA) is 98.7 Å². The van der Waals surface area contributed by atoms with Gasteiger partial charge in [-0.15, -0.1) is 11.3 Å². The Hall–Kier alpha value is -4.08. The van der Waals surface area contributed by atoms with Gasteiger partial charge in [0.15, 0.2) is 0 Å². The van der Waals surface area contributed by atoms with Gasteiger partial charge in [0.2, 0.25) is 0 Å². The summed E-state index contributed by atoms with van der Waals surface area (Å²) in [5, 5.41) is 17.4. The van der Waals surface area contributed by atoms with Crippen LogP contribution < -0.4 is 10.2 Å². The van der Waals surface area contributed by atoms with E-state index in [0.29, 0.717) is 36.6 Å². The zero-order chi connectivity index (χ0) is 31.1. The van der Waals surface area contributed by atoms with Gasteiger partial charge in [0.25, 0.3) is 11.8 Å². The predicted octanol–water partition coefficient (Wildman–Crippen LogP) is 5.39. The van der Waals surface area contributed by atoms with Crippen LogP contribution in [0.25, 0.3) is 0 Å². The Balaban J connectivity index is 1.52. The monoisotopic (exact) mass is 599 g/mol. The summed E-state index contributed by atoms with van der Waals surface area (Å²) in [5.41, 5.74) is 5.50. The van der Waals surface area contributed by atoms with Crippen molar-refractivity contribution in [1.29, 1.82) is 0 Å². The molecule has 4 rings (SSSR count). The molecule has 0 radical (unpaired) electrons. The van der Waals surface area contributed by atoms with E-state index in [-0.39, 0.29) is 11.8 Å². The van der Waals surface area contributed by atoms with Gasteiger partial charge in [0.05, 0.1) is 30.6 Å². The van der Waals surface area contributed by atoms with Gasteiger partial charge in [-0.1, -0.05) is 50.2 Å². The number of nitrogens with one attached hydrogen (secondary N) is 1. The lowest BCUT2D eigenvalue weighted by Crippen LogP contribution is -2.49. The van der Waals surface area contributed by atoms with Crippen molar-refractivity contribution in [1.82, 2.24) is 20.2 Å². The van der Waals surface area contributed by atoms with Crippen LogP contribution in [-0.2, 0) is 13.0 Å². The molecule has 2 aromatic heterocycles. The number of anilines is 1. The van der Waals surface area contributed by atoms with Gasteiger partial charge in [-0.25, -0.2) is 4.98 Å². The Morgan fingerprint density at radius 3 is 2.44 bits per heavy atom. The number of aliphatic hydroxyl groups excluding tert-OH is 1. The van der Waals surface area contributed by atoms with Gasteiger partial charge in [-0.05, 0) is 61.1 Å². The van der Waals surface area contributed by atoms with Crippen LogP contribution in [0.15, 0.2) is 72.4 Å². The summed E-state index contributed by atoms with van der Waals surface area (Å²) in [7, 11) is 3.64. The molecule has 8 nitrogen and oxygen atoms in total. The van der Waals surface area contributed by atoms with Crippen molar-refractivity contribution in [2.45, 2.75) is 58.7 Å². The van der Waals surface area contributed by atoms with Crippen molar-refractivity contribution < 1.29 is 14.7 Å². The maximum absolute atomic E-state index is 13.7. The zero-order valence-electron chi connectivity index (χ0n) is 25.7. The lowest BCUT2D eigenvalue weighted by Gasteiger charge is -2.29.